The largest absolute Gasteiger partial charge is 0.381 e. The molecule has 2 fully saturated rings. The molecule has 0 N–H and O–H groups in total. The Kier molecular flexibility index (Phi) is 3.78. The summed E-state index contributed by atoms with van der Waals surface area (Å²) in [6.07, 6.45) is 7.53. The van der Waals surface area contributed by atoms with Crippen molar-refractivity contribution < 1.29 is 9.53 Å². The zero-order valence-corrected chi connectivity index (χ0v) is 12.2. The van der Waals surface area contributed by atoms with E-state index in [4.69, 9.17) is 4.74 Å². The van der Waals surface area contributed by atoms with Gasteiger partial charge in [0.2, 0.25) is 5.91 Å². The molecular weight excluding hydrogens is 254 g/mol. The first-order valence-electron chi connectivity index (χ1n) is 7.58. The van der Waals surface area contributed by atoms with Gasteiger partial charge in [-0.15, -0.1) is 0 Å². The van der Waals surface area contributed by atoms with Crippen molar-refractivity contribution in [2.75, 3.05) is 26.3 Å². The van der Waals surface area contributed by atoms with Gasteiger partial charge in [-0.3, -0.25) is 4.79 Å². The molecule has 2 aliphatic heterocycles. The van der Waals surface area contributed by atoms with Crippen molar-refractivity contribution in [3.05, 3.63) is 18.2 Å². The maximum atomic E-state index is 12.1. The highest BCUT2D eigenvalue weighted by Gasteiger charge is 2.41. The second-order valence-electron chi connectivity index (χ2n) is 6.01. The molecule has 0 bridgehead atoms. The Morgan fingerprint density at radius 1 is 1.40 bits per heavy atom. The van der Waals surface area contributed by atoms with Gasteiger partial charge in [0.15, 0.2) is 0 Å². The number of hydrogen-bond donors (Lipinski definition) is 0. The van der Waals surface area contributed by atoms with Gasteiger partial charge >= 0.3 is 0 Å². The lowest BCUT2D eigenvalue weighted by atomic mass is 9.79. The van der Waals surface area contributed by atoms with E-state index in [9.17, 15) is 4.79 Å². The van der Waals surface area contributed by atoms with Gasteiger partial charge in [-0.05, 0) is 12.8 Å². The summed E-state index contributed by atoms with van der Waals surface area (Å²) in [4.78, 5) is 18.5. The summed E-state index contributed by atoms with van der Waals surface area (Å²) in [7, 11) is 0. The third kappa shape index (κ3) is 2.59. The van der Waals surface area contributed by atoms with Gasteiger partial charge in [-0.25, -0.2) is 4.98 Å². The Balaban J connectivity index is 1.62. The molecule has 0 radical (unpaired) electrons. The number of nitrogens with zero attached hydrogens (tertiary/aromatic N) is 3. The fourth-order valence-corrected chi connectivity index (χ4v) is 3.36. The van der Waals surface area contributed by atoms with Gasteiger partial charge in [-0.2, -0.15) is 0 Å². The van der Waals surface area contributed by atoms with Crippen LogP contribution >= 0.6 is 0 Å². The lowest BCUT2D eigenvalue weighted by Gasteiger charge is -2.39. The van der Waals surface area contributed by atoms with Crippen molar-refractivity contribution in [2.24, 2.45) is 5.41 Å². The summed E-state index contributed by atoms with van der Waals surface area (Å²) in [5.41, 5.74) is 0.233. The standard InChI is InChI=1S/C15H23N3O2/c1-2-13-16-6-7-17(13)8-9-18-11-15(4-3-14(18)19)5-10-20-12-15/h6-7H,2-5,8-12H2,1H3. The first-order valence-corrected chi connectivity index (χ1v) is 7.58. The molecule has 1 spiro atoms. The number of likely N-dealkylation sites (tertiary alicyclic amines) is 1. The van der Waals surface area contributed by atoms with Gasteiger partial charge in [0.1, 0.15) is 5.82 Å². The molecule has 0 aromatic carbocycles. The Labute approximate surface area is 119 Å². The lowest BCUT2D eigenvalue weighted by Crippen LogP contribution is -2.47. The van der Waals surface area contributed by atoms with E-state index in [2.05, 4.69) is 16.5 Å². The Bertz CT molecular complexity index is 477. The molecule has 20 heavy (non-hydrogen) atoms. The van der Waals surface area contributed by atoms with E-state index in [1.165, 1.54) is 0 Å². The number of carbonyl (C=O) groups is 1. The summed E-state index contributed by atoms with van der Waals surface area (Å²) in [6.45, 7) is 6.26. The fourth-order valence-electron chi connectivity index (χ4n) is 3.36. The van der Waals surface area contributed by atoms with Gasteiger partial charge in [-0.1, -0.05) is 6.92 Å². The summed E-state index contributed by atoms with van der Waals surface area (Å²) in [5, 5.41) is 0. The summed E-state index contributed by atoms with van der Waals surface area (Å²) >= 11 is 0. The Morgan fingerprint density at radius 2 is 2.30 bits per heavy atom. The molecule has 3 rings (SSSR count). The van der Waals surface area contributed by atoms with Crippen LogP contribution in [-0.4, -0.2) is 46.7 Å². The molecule has 1 atom stereocenters. The lowest BCUT2D eigenvalue weighted by molar-refractivity contribution is -0.137. The maximum absolute atomic E-state index is 12.1. The number of aryl methyl sites for hydroxylation is 1. The van der Waals surface area contributed by atoms with Crippen molar-refractivity contribution in [1.29, 1.82) is 0 Å². The van der Waals surface area contributed by atoms with Crippen LogP contribution in [0.5, 0.6) is 0 Å². The van der Waals surface area contributed by atoms with Crippen molar-refractivity contribution in [3.63, 3.8) is 0 Å². The average Bonchev–Trinajstić information content (AvgIpc) is 3.09. The van der Waals surface area contributed by atoms with Crippen molar-refractivity contribution in [2.45, 2.75) is 39.2 Å². The van der Waals surface area contributed by atoms with Crippen molar-refractivity contribution in [1.82, 2.24) is 14.5 Å². The van der Waals surface area contributed by atoms with Gasteiger partial charge in [0.25, 0.3) is 0 Å². The molecule has 5 heteroatoms. The highest BCUT2D eigenvalue weighted by molar-refractivity contribution is 5.77. The van der Waals surface area contributed by atoms with E-state index < -0.39 is 0 Å². The first-order chi connectivity index (χ1) is 9.72. The molecule has 5 nitrogen and oxygen atoms in total. The minimum Gasteiger partial charge on any atom is -0.381 e. The van der Waals surface area contributed by atoms with Crippen LogP contribution in [0.25, 0.3) is 0 Å². The van der Waals surface area contributed by atoms with Crippen LogP contribution in [0.1, 0.15) is 32.0 Å². The minimum absolute atomic E-state index is 0.233. The van der Waals surface area contributed by atoms with E-state index in [0.29, 0.717) is 12.3 Å². The molecule has 110 valence electrons. The number of carbonyl (C=O) groups excluding carboxylic acids is 1. The Hall–Kier alpha value is -1.36. The molecule has 1 aromatic heterocycles. The fraction of sp³-hybridized carbons (Fsp3) is 0.733. The highest BCUT2D eigenvalue weighted by atomic mass is 16.5. The second-order valence-corrected chi connectivity index (χ2v) is 6.01. The average molecular weight is 277 g/mol. The zero-order valence-electron chi connectivity index (χ0n) is 12.2. The predicted octanol–water partition coefficient (Wildman–Crippen LogP) is 1.47. The predicted molar refractivity (Wildman–Crippen MR) is 75.3 cm³/mol. The number of piperidine rings is 1. The van der Waals surface area contributed by atoms with Gasteiger partial charge < -0.3 is 14.2 Å². The van der Waals surface area contributed by atoms with E-state index in [-0.39, 0.29) is 5.41 Å². The molecule has 1 unspecified atom stereocenters. The van der Waals surface area contributed by atoms with Crippen LogP contribution in [0.15, 0.2) is 12.4 Å². The van der Waals surface area contributed by atoms with Crippen LogP contribution < -0.4 is 0 Å². The smallest absolute Gasteiger partial charge is 0.222 e. The second kappa shape index (κ2) is 5.56. The monoisotopic (exact) mass is 277 g/mol. The molecule has 0 aliphatic carbocycles. The number of aromatic nitrogens is 2. The molecule has 3 heterocycles. The molecule has 0 saturated carbocycles. The maximum Gasteiger partial charge on any atom is 0.222 e. The first kappa shape index (κ1) is 13.6. The number of hydrogen-bond acceptors (Lipinski definition) is 3. The van der Waals surface area contributed by atoms with E-state index in [0.717, 1.165) is 57.9 Å². The topological polar surface area (TPSA) is 47.4 Å². The van der Waals surface area contributed by atoms with Crippen LogP contribution in [-0.2, 0) is 22.5 Å². The summed E-state index contributed by atoms with van der Waals surface area (Å²) in [6, 6.07) is 0. The quantitative estimate of drug-likeness (QED) is 0.837. The molecule has 2 aliphatic rings. The highest BCUT2D eigenvalue weighted by Crippen LogP contribution is 2.37. The van der Waals surface area contributed by atoms with Gasteiger partial charge in [0.05, 0.1) is 6.61 Å². The third-order valence-corrected chi connectivity index (χ3v) is 4.66. The van der Waals surface area contributed by atoms with Crippen LogP contribution in [0, 0.1) is 5.41 Å². The zero-order chi connectivity index (χ0) is 14.0. The number of rotatable bonds is 4. The summed E-state index contributed by atoms with van der Waals surface area (Å²) < 4.78 is 7.71. The van der Waals surface area contributed by atoms with Crippen LogP contribution in [0.3, 0.4) is 0 Å². The van der Waals surface area contributed by atoms with E-state index in [1.54, 1.807) is 0 Å². The van der Waals surface area contributed by atoms with Crippen LogP contribution in [0.2, 0.25) is 0 Å². The minimum atomic E-state index is 0.233. The normalized spacial score (nSPS) is 26.6. The van der Waals surface area contributed by atoms with E-state index in [1.807, 2.05) is 17.3 Å². The van der Waals surface area contributed by atoms with Crippen molar-refractivity contribution in [3.8, 4) is 0 Å². The SMILES string of the molecule is CCc1nccn1CCN1CC2(CCOC2)CCC1=O. The third-order valence-electron chi connectivity index (χ3n) is 4.66. The molecule has 1 amide bonds. The Morgan fingerprint density at radius 3 is 3.05 bits per heavy atom. The van der Waals surface area contributed by atoms with Gasteiger partial charge in [0, 0.05) is 56.9 Å². The molecule has 2 saturated heterocycles. The molecular formula is C15H23N3O2. The number of amides is 1. The van der Waals surface area contributed by atoms with E-state index >= 15 is 0 Å². The number of imidazole rings is 1. The molecule has 1 aromatic rings. The number of ether oxygens (including phenoxy) is 1. The van der Waals surface area contributed by atoms with Crippen LogP contribution in [0.4, 0.5) is 0 Å². The summed E-state index contributed by atoms with van der Waals surface area (Å²) in [5.74, 6) is 1.38. The van der Waals surface area contributed by atoms with Crippen molar-refractivity contribution >= 4 is 5.91 Å².